The number of amidine groups is 1. The fraction of sp³-hybridized carbons (Fsp3) is 0.103. The van der Waals surface area contributed by atoms with Crippen LogP contribution in [0.5, 0.6) is 0 Å². The number of non-ortho nitro benzene ring substituents is 1. The van der Waals surface area contributed by atoms with Crippen molar-refractivity contribution >= 4 is 40.3 Å². The van der Waals surface area contributed by atoms with E-state index in [0.717, 1.165) is 16.8 Å². The molecule has 0 aliphatic carbocycles. The minimum atomic E-state index is -0.440. The summed E-state index contributed by atoms with van der Waals surface area (Å²) in [6.45, 7) is 2.52. The number of rotatable bonds is 7. The number of hydrogen-bond donors (Lipinski definition) is 0. The van der Waals surface area contributed by atoms with Gasteiger partial charge in [-0.3, -0.25) is 19.8 Å². The van der Waals surface area contributed by atoms with E-state index < -0.39 is 4.92 Å². The number of nitrogens with zero attached hydrogens (tertiary/aromatic N) is 3. The molecular weight excluding hydrogens is 486 g/mol. The van der Waals surface area contributed by atoms with Crippen molar-refractivity contribution in [3.8, 4) is 11.3 Å². The quantitative estimate of drug-likeness (QED) is 0.152. The topological polar surface area (TPSA) is 89.0 Å². The van der Waals surface area contributed by atoms with Crippen molar-refractivity contribution in [3.05, 3.63) is 123 Å². The van der Waals surface area contributed by atoms with Crippen LogP contribution in [0.1, 0.15) is 16.9 Å². The second-order valence-corrected chi connectivity index (χ2v) is 9.55. The van der Waals surface area contributed by atoms with E-state index in [1.165, 1.54) is 23.9 Å². The summed E-state index contributed by atoms with van der Waals surface area (Å²) in [4.78, 5) is 30.9. The van der Waals surface area contributed by atoms with Crippen LogP contribution in [-0.4, -0.2) is 27.4 Å². The third-order valence-corrected chi connectivity index (χ3v) is 6.88. The van der Waals surface area contributed by atoms with Gasteiger partial charge < -0.3 is 4.42 Å². The summed E-state index contributed by atoms with van der Waals surface area (Å²) >= 11 is 1.32. The predicted molar refractivity (Wildman–Crippen MR) is 146 cm³/mol. The zero-order valence-electron chi connectivity index (χ0n) is 20.0. The highest BCUT2D eigenvalue weighted by molar-refractivity contribution is 8.18. The lowest BCUT2D eigenvalue weighted by Crippen LogP contribution is -2.31. The Bertz CT molecular complexity index is 1490. The fourth-order valence-corrected chi connectivity index (χ4v) is 4.87. The molecule has 1 aliphatic rings. The highest BCUT2D eigenvalue weighted by Crippen LogP contribution is 2.35. The summed E-state index contributed by atoms with van der Waals surface area (Å²) in [5, 5.41) is 11.5. The van der Waals surface area contributed by atoms with Gasteiger partial charge in [-0.25, -0.2) is 4.99 Å². The summed E-state index contributed by atoms with van der Waals surface area (Å²) in [5.74, 6) is 0.954. The molecule has 184 valence electrons. The maximum atomic E-state index is 13.4. The Morgan fingerprint density at radius 3 is 2.41 bits per heavy atom. The molecule has 2 heterocycles. The van der Waals surface area contributed by atoms with Gasteiger partial charge in [0.2, 0.25) is 0 Å². The summed E-state index contributed by atoms with van der Waals surface area (Å²) in [7, 11) is 0. The molecule has 37 heavy (non-hydrogen) atoms. The number of furan rings is 1. The Hall–Kier alpha value is -4.43. The Balaban J connectivity index is 1.40. The molecule has 5 rings (SSSR count). The third kappa shape index (κ3) is 5.70. The van der Waals surface area contributed by atoms with Gasteiger partial charge in [-0.05, 0) is 67.1 Å². The average Bonchev–Trinajstić information content (AvgIpc) is 3.49. The number of amides is 1. The van der Waals surface area contributed by atoms with Crippen LogP contribution in [0, 0.1) is 17.0 Å². The van der Waals surface area contributed by atoms with Crippen LogP contribution in [-0.2, 0) is 11.2 Å². The van der Waals surface area contributed by atoms with Crippen LogP contribution in [0.2, 0.25) is 0 Å². The minimum Gasteiger partial charge on any atom is -0.457 e. The Morgan fingerprint density at radius 1 is 0.973 bits per heavy atom. The fourth-order valence-electron chi connectivity index (χ4n) is 3.87. The molecule has 1 fully saturated rings. The third-order valence-electron chi connectivity index (χ3n) is 5.88. The smallest absolute Gasteiger partial charge is 0.269 e. The van der Waals surface area contributed by atoms with Crippen molar-refractivity contribution in [3.63, 3.8) is 0 Å². The number of nitro groups is 1. The molecule has 1 saturated heterocycles. The normalized spacial score (nSPS) is 15.6. The molecule has 0 unspecified atom stereocenters. The first-order valence-corrected chi connectivity index (χ1v) is 12.5. The highest BCUT2D eigenvalue weighted by Gasteiger charge is 2.33. The van der Waals surface area contributed by atoms with Gasteiger partial charge in [0.05, 0.1) is 15.5 Å². The summed E-state index contributed by atoms with van der Waals surface area (Å²) < 4.78 is 5.94. The first-order valence-electron chi connectivity index (χ1n) is 11.7. The van der Waals surface area contributed by atoms with Crippen molar-refractivity contribution in [2.24, 2.45) is 4.99 Å². The number of aliphatic imine (C=N–C) groups is 1. The van der Waals surface area contributed by atoms with Crippen LogP contribution in [0.15, 0.2) is 105 Å². The van der Waals surface area contributed by atoms with Gasteiger partial charge in [0.15, 0.2) is 5.17 Å². The van der Waals surface area contributed by atoms with Gasteiger partial charge in [0.25, 0.3) is 11.6 Å². The van der Waals surface area contributed by atoms with Crippen LogP contribution >= 0.6 is 11.8 Å². The molecule has 0 atom stereocenters. The summed E-state index contributed by atoms with van der Waals surface area (Å²) in [6, 6.07) is 27.6. The predicted octanol–water partition coefficient (Wildman–Crippen LogP) is 7.01. The number of aryl methyl sites for hydroxylation is 1. The van der Waals surface area contributed by atoms with E-state index in [2.05, 4.69) is 0 Å². The lowest BCUT2D eigenvalue weighted by molar-refractivity contribution is -0.384. The molecule has 4 aromatic rings. The van der Waals surface area contributed by atoms with Crippen LogP contribution < -0.4 is 0 Å². The molecule has 3 aromatic carbocycles. The number of carbonyl (C=O) groups is 1. The van der Waals surface area contributed by atoms with E-state index in [4.69, 9.17) is 9.41 Å². The van der Waals surface area contributed by atoms with E-state index in [1.807, 2.05) is 61.5 Å². The first-order chi connectivity index (χ1) is 18.0. The standard InChI is InChI=1S/C29H23N3O4S/c1-20-7-11-23(12-8-20)30-29-31(18-17-21-5-3-2-4-6-21)28(33)27(37-29)19-25-15-16-26(36-25)22-9-13-24(14-10-22)32(34)35/h2-16,19H,17-18H2,1H3/b27-19+,30-29?. The van der Waals surface area contributed by atoms with Crippen molar-refractivity contribution in [1.82, 2.24) is 4.90 Å². The summed E-state index contributed by atoms with van der Waals surface area (Å²) in [6.07, 6.45) is 2.42. The molecule has 1 aliphatic heterocycles. The van der Waals surface area contributed by atoms with E-state index in [1.54, 1.807) is 35.2 Å². The van der Waals surface area contributed by atoms with Crippen LogP contribution in [0.4, 0.5) is 11.4 Å². The van der Waals surface area contributed by atoms with E-state index in [0.29, 0.717) is 40.1 Å². The number of nitro benzene ring substituents is 1. The zero-order chi connectivity index (χ0) is 25.8. The van der Waals surface area contributed by atoms with Gasteiger partial charge in [-0.1, -0.05) is 48.0 Å². The van der Waals surface area contributed by atoms with Crippen molar-refractivity contribution in [2.45, 2.75) is 13.3 Å². The molecule has 1 aromatic heterocycles. The second-order valence-electron chi connectivity index (χ2n) is 8.54. The van der Waals surface area contributed by atoms with E-state index >= 15 is 0 Å². The van der Waals surface area contributed by atoms with E-state index in [-0.39, 0.29) is 11.6 Å². The van der Waals surface area contributed by atoms with Gasteiger partial charge >= 0.3 is 0 Å². The molecule has 0 spiro atoms. The van der Waals surface area contributed by atoms with Gasteiger partial charge in [0, 0.05) is 30.3 Å². The number of thioether (sulfide) groups is 1. The lowest BCUT2D eigenvalue weighted by Gasteiger charge is -2.15. The monoisotopic (exact) mass is 509 g/mol. The molecular formula is C29H23N3O4S. The molecule has 1 amide bonds. The molecule has 7 nitrogen and oxygen atoms in total. The average molecular weight is 510 g/mol. The summed E-state index contributed by atoms with van der Waals surface area (Å²) in [5.41, 5.74) is 3.80. The first kappa shape index (κ1) is 24.3. The van der Waals surface area contributed by atoms with Crippen molar-refractivity contribution < 1.29 is 14.1 Å². The minimum absolute atomic E-state index is 0.0154. The number of benzene rings is 3. The molecule has 0 N–H and O–H groups in total. The zero-order valence-corrected chi connectivity index (χ0v) is 20.9. The van der Waals surface area contributed by atoms with Gasteiger partial charge in [-0.15, -0.1) is 0 Å². The lowest BCUT2D eigenvalue weighted by atomic mass is 10.1. The SMILES string of the molecule is Cc1ccc(N=C2S/C(=C/c3ccc(-c4ccc([N+](=O)[O-])cc4)o3)C(=O)N2CCc2ccccc2)cc1. The van der Waals surface area contributed by atoms with Gasteiger partial charge in [0.1, 0.15) is 11.5 Å². The number of carbonyl (C=O) groups excluding carboxylic acids is 1. The molecule has 8 heteroatoms. The maximum absolute atomic E-state index is 13.4. The van der Waals surface area contributed by atoms with Crippen molar-refractivity contribution in [2.75, 3.05) is 6.54 Å². The largest absolute Gasteiger partial charge is 0.457 e. The molecule has 0 saturated carbocycles. The Labute approximate surface area is 218 Å². The molecule has 0 radical (unpaired) electrons. The van der Waals surface area contributed by atoms with E-state index in [9.17, 15) is 14.9 Å². The van der Waals surface area contributed by atoms with Crippen LogP contribution in [0.3, 0.4) is 0 Å². The Morgan fingerprint density at radius 2 is 1.70 bits per heavy atom. The number of hydrogen-bond acceptors (Lipinski definition) is 6. The van der Waals surface area contributed by atoms with Crippen LogP contribution in [0.25, 0.3) is 17.4 Å². The maximum Gasteiger partial charge on any atom is 0.269 e. The van der Waals surface area contributed by atoms with Crippen molar-refractivity contribution in [1.29, 1.82) is 0 Å². The highest BCUT2D eigenvalue weighted by atomic mass is 32.2. The molecule has 0 bridgehead atoms. The second kappa shape index (κ2) is 10.7. The van der Waals surface area contributed by atoms with Gasteiger partial charge in [-0.2, -0.15) is 0 Å². The Kier molecular flexibility index (Phi) is 7.00.